The summed E-state index contributed by atoms with van der Waals surface area (Å²) < 4.78 is 22.5. The largest absolute Gasteiger partial charge is 0.394 e. The maximum Gasteiger partial charge on any atom is 0.249 e. The molecule has 38 heavy (non-hydrogen) atoms. The van der Waals surface area contributed by atoms with Gasteiger partial charge in [0.05, 0.1) is 25.3 Å². The first-order valence-corrected chi connectivity index (χ1v) is 12.4. The second kappa shape index (κ2) is 13.5. The highest BCUT2D eigenvalue weighted by atomic mass is 16.7. The molecule has 15 atom stereocenters. The topological polar surface area (TPSA) is 306 Å². The number of ether oxygens (including phenoxy) is 4. The number of aliphatic hydroxyl groups excluding tert-OH is 8. The molecule has 3 rings (SSSR count). The smallest absolute Gasteiger partial charge is 0.249 e. The summed E-state index contributed by atoms with van der Waals surface area (Å²) in [5.74, 6) is -0.821. The van der Waals surface area contributed by atoms with Crippen molar-refractivity contribution in [1.82, 2.24) is 5.32 Å². The lowest BCUT2D eigenvalue weighted by Gasteiger charge is -2.47. The van der Waals surface area contributed by atoms with Gasteiger partial charge in [-0.3, -0.25) is 4.79 Å². The molecular weight excluding hydrogens is 516 g/mol. The summed E-state index contributed by atoms with van der Waals surface area (Å²) in [7, 11) is 0. The zero-order valence-corrected chi connectivity index (χ0v) is 20.5. The van der Waals surface area contributed by atoms with Gasteiger partial charge in [-0.1, -0.05) is 0 Å². The van der Waals surface area contributed by atoms with E-state index in [0.717, 1.165) is 0 Å². The lowest BCUT2D eigenvalue weighted by Crippen LogP contribution is -2.69. The van der Waals surface area contributed by atoms with Crippen LogP contribution in [-0.2, 0) is 23.7 Å². The van der Waals surface area contributed by atoms with Gasteiger partial charge in [-0.25, -0.2) is 0 Å². The van der Waals surface area contributed by atoms with Crippen molar-refractivity contribution in [2.45, 2.75) is 105 Å². The molecule has 15 N–H and O–H groups in total. The Bertz CT molecular complexity index is 769. The van der Waals surface area contributed by atoms with Crippen molar-refractivity contribution >= 4 is 5.91 Å². The number of carbonyl (C=O) groups is 1. The van der Waals surface area contributed by atoms with Crippen LogP contribution in [0, 0.1) is 0 Å². The van der Waals surface area contributed by atoms with Gasteiger partial charge in [0.1, 0.15) is 61.0 Å². The molecule has 0 radical (unpaired) electrons. The minimum Gasteiger partial charge on any atom is -0.394 e. The molecule has 0 aromatic rings. The zero-order valence-electron chi connectivity index (χ0n) is 20.5. The van der Waals surface area contributed by atoms with Gasteiger partial charge in [0.25, 0.3) is 0 Å². The number of nitrogens with two attached hydrogens (primary N) is 3. The third-order valence-corrected chi connectivity index (χ3v) is 7.10. The van der Waals surface area contributed by atoms with Crippen molar-refractivity contribution < 1.29 is 64.6 Å². The van der Waals surface area contributed by atoms with Crippen LogP contribution in [0.25, 0.3) is 0 Å². The van der Waals surface area contributed by atoms with Crippen LogP contribution in [0.5, 0.6) is 0 Å². The Labute approximate surface area is 218 Å². The third-order valence-electron chi connectivity index (χ3n) is 7.10. The molecular formula is C21H40N4O13. The van der Waals surface area contributed by atoms with Gasteiger partial charge in [-0.05, 0) is 19.4 Å². The second-order valence-electron chi connectivity index (χ2n) is 9.79. The molecule has 1 saturated carbocycles. The summed E-state index contributed by atoms with van der Waals surface area (Å²) in [6, 6.07) is -3.40. The third kappa shape index (κ3) is 6.60. The normalized spacial score (nSPS) is 46.6. The van der Waals surface area contributed by atoms with Gasteiger partial charge in [0.2, 0.25) is 5.91 Å². The second-order valence-corrected chi connectivity index (χ2v) is 9.79. The van der Waals surface area contributed by atoms with E-state index in [4.69, 9.17) is 36.1 Å². The van der Waals surface area contributed by atoms with Crippen molar-refractivity contribution in [3.05, 3.63) is 0 Å². The average molecular weight is 557 g/mol. The van der Waals surface area contributed by atoms with Gasteiger partial charge in [-0.15, -0.1) is 0 Å². The maximum atomic E-state index is 12.4. The lowest BCUT2D eigenvalue weighted by atomic mass is 9.83. The summed E-state index contributed by atoms with van der Waals surface area (Å²) >= 11 is 0. The number of rotatable bonds is 10. The monoisotopic (exact) mass is 556 g/mol. The highest BCUT2D eigenvalue weighted by Gasteiger charge is 2.53. The zero-order chi connectivity index (χ0) is 28.3. The fourth-order valence-electron chi connectivity index (χ4n) is 4.80. The van der Waals surface area contributed by atoms with Crippen molar-refractivity contribution in [3.8, 4) is 0 Å². The number of hydrogen-bond acceptors (Lipinski definition) is 16. The fourth-order valence-corrected chi connectivity index (χ4v) is 4.80. The Morgan fingerprint density at radius 1 is 0.868 bits per heavy atom. The van der Waals surface area contributed by atoms with Gasteiger partial charge in [0.15, 0.2) is 12.6 Å². The van der Waals surface area contributed by atoms with Crippen molar-refractivity contribution in [2.75, 3.05) is 19.8 Å². The van der Waals surface area contributed by atoms with Gasteiger partial charge in [0, 0.05) is 6.04 Å². The first-order valence-electron chi connectivity index (χ1n) is 12.4. The van der Waals surface area contributed by atoms with Crippen LogP contribution >= 0.6 is 0 Å². The van der Waals surface area contributed by atoms with Gasteiger partial charge >= 0.3 is 0 Å². The summed E-state index contributed by atoms with van der Waals surface area (Å²) in [6.45, 7) is -1.28. The molecule has 0 bridgehead atoms. The first kappa shape index (κ1) is 31.4. The number of amides is 1. The van der Waals surface area contributed by atoms with Crippen molar-refractivity contribution in [2.24, 2.45) is 17.2 Å². The number of aliphatic hydroxyl groups is 8. The molecule has 2 saturated heterocycles. The van der Waals surface area contributed by atoms with Crippen LogP contribution in [0.2, 0.25) is 0 Å². The van der Waals surface area contributed by atoms with Crippen molar-refractivity contribution in [1.29, 1.82) is 0 Å². The Morgan fingerprint density at radius 2 is 1.42 bits per heavy atom. The summed E-state index contributed by atoms with van der Waals surface area (Å²) in [4.78, 5) is 12.4. The number of carbonyl (C=O) groups excluding carboxylic acids is 1. The molecule has 2 aliphatic heterocycles. The predicted molar refractivity (Wildman–Crippen MR) is 123 cm³/mol. The molecule has 2 heterocycles. The van der Waals surface area contributed by atoms with Crippen molar-refractivity contribution in [3.63, 3.8) is 0 Å². The maximum absolute atomic E-state index is 12.4. The lowest BCUT2D eigenvalue weighted by molar-refractivity contribution is -0.311. The van der Waals surface area contributed by atoms with E-state index in [1.54, 1.807) is 0 Å². The molecule has 222 valence electrons. The van der Waals surface area contributed by atoms with E-state index in [0.29, 0.717) is 0 Å². The molecule has 1 amide bonds. The Hall–Kier alpha value is -1.13. The van der Waals surface area contributed by atoms with E-state index >= 15 is 0 Å². The molecule has 0 aromatic heterocycles. The number of nitrogens with one attached hydrogen (secondary N) is 1. The van der Waals surface area contributed by atoms with Crippen LogP contribution in [0.15, 0.2) is 0 Å². The standard InChI is InChI=1S/C21H40N4O13/c22-2-1-8(28)19(34)25-7-3-6(23)17(37-20-11(24)15(32)13(30)9(4-26)35-20)18(12(7)29)38-21-16(33)14(31)10(5-27)36-21/h6-18,20-21,26-33H,1-5,22-24H2,(H,25,34)/t6?,7-,8?,9?,10-,11?,12?,13-,14?,15?,16?,17-,18?,20-,21+/m1/s1. The summed E-state index contributed by atoms with van der Waals surface area (Å²) in [5, 5.41) is 83.2. The molecule has 0 aromatic carbocycles. The molecule has 17 nitrogen and oxygen atoms in total. The Morgan fingerprint density at radius 3 is 2.00 bits per heavy atom. The van der Waals surface area contributed by atoms with Crippen LogP contribution in [0.4, 0.5) is 0 Å². The molecule has 3 fully saturated rings. The van der Waals surface area contributed by atoms with Crippen LogP contribution in [0.3, 0.4) is 0 Å². The fraction of sp³-hybridized carbons (Fsp3) is 0.952. The van der Waals surface area contributed by atoms with E-state index < -0.39 is 111 Å². The summed E-state index contributed by atoms with van der Waals surface area (Å²) in [5.41, 5.74) is 17.6. The van der Waals surface area contributed by atoms with Crippen LogP contribution in [0.1, 0.15) is 12.8 Å². The quantitative estimate of drug-likeness (QED) is 0.119. The van der Waals surface area contributed by atoms with E-state index in [-0.39, 0.29) is 19.4 Å². The highest BCUT2D eigenvalue weighted by Crippen LogP contribution is 2.32. The van der Waals surface area contributed by atoms with Gasteiger partial charge < -0.3 is 82.3 Å². The molecule has 0 spiro atoms. The van der Waals surface area contributed by atoms with Gasteiger partial charge in [-0.2, -0.15) is 0 Å². The highest BCUT2D eigenvalue weighted by molar-refractivity contribution is 5.80. The first-order chi connectivity index (χ1) is 17.9. The average Bonchev–Trinajstić information content (AvgIpc) is 3.16. The van der Waals surface area contributed by atoms with Crippen LogP contribution < -0.4 is 22.5 Å². The Kier molecular flexibility index (Phi) is 11.1. The van der Waals surface area contributed by atoms with Crippen LogP contribution in [-0.4, -0.2) is 158 Å². The Balaban J connectivity index is 1.84. The predicted octanol–water partition coefficient (Wildman–Crippen LogP) is -7.75. The molecule has 1 aliphatic carbocycles. The number of hydrogen-bond donors (Lipinski definition) is 12. The van der Waals surface area contributed by atoms with E-state index in [1.807, 2.05) is 0 Å². The molecule has 17 heteroatoms. The molecule has 9 unspecified atom stereocenters. The minimum absolute atomic E-state index is 0.0330. The SMILES string of the molecule is NCCC(O)C(=O)N[C@@H]1CC(N)[C@@H](O[C@H]2OC(CO)[C@@H](O)C(O)C2N)C(O[C@@H]2O[C@H](CO)C(O)C2O)C1O. The molecule has 3 aliphatic rings. The summed E-state index contributed by atoms with van der Waals surface area (Å²) in [6.07, 6.45) is -17.6. The van der Waals surface area contributed by atoms with E-state index in [2.05, 4.69) is 5.32 Å². The van der Waals surface area contributed by atoms with E-state index in [9.17, 15) is 45.6 Å². The van der Waals surface area contributed by atoms with E-state index in [1.165, 1.54) is 0 Å². The minimum atomic E-state index is -1.64.